The summed E-state index contributed by atoms with van der Waals surface area (Å²) in [5.41, 5.74) is 0.585. The van der Waals surface area contributed by atoms with Crippen molar-refractivity contribution in [2.75, 3.05) is 0 Å². The maximum atomic E-state index is 8.57. The fourth-order valence-corrected chi connectivity index (χ4v) is 3.37. The van der Waals surface area contributed by atoms with Crippen molar-refractivity contribution in [3.8, 4) is 6.26 Å². The largest absolute Gasteiger partial charge is 0.424 e. The molecule has 2 rings (SSSR count). The van der Waals surface area contributed by atoms with Gasteiger partial charge in [-0.1, -0.05) is 20.8 Å². The Morgan fingerprint density at radius 2 is 2.08 bits per heavy atom. The van der Waals surface area contributed by atoms with Crippen LogP contribution in [0.15, 0.2) is 0 Å². The molecule has 0 amide bonds. The molecule has 0 aromatic carbocycles. The summed E-state index contributed by atoms with van der Waals surface area (Å²) in [7, 11) is 0. The molecule has 0 aromatic heterocycles. The Hall–Kier alpha value is -0.710. The average Bonchev–Trinajstić information content (AvgIpc) is 2.37. The van der Waals surface area contributed by atoms with Crippen molar-refractivity contribution >= 4 is 0 Å². The number of rotatable bonds is 1. The van der Waals surface area contributed by atoms with Gasteiger partial charge in [-0.3, -0.25) is 0 Å². The molecule has 2 fully saturated rings. The minimum atomic E-state index is 0.172. The Kier molecular flexibility index (Phi) is 1.64. The van der Waals surface area contributed by atoms with Crippen molar-refractivity contribution in [1.29, 1.82) is 5.26 Å². The van der Waals surface area contributed by atoms with Crippen molar-refractivity contribution in [2.24, 2.45) is 16.7 Å². The van der Waals surface area contributed by atoms with Gasteiger partial charge in [-0.2, -0.15) is 5.26 Å². The zero-order chi connectivity index (χ0) is 9.69. The molecule has 2 bridgehead atoms. The van der Waals surface area contributed by atoms with Gasteiger partial charge in [-0.05, 0) is 30.6 Å². The van der Waals surface area contributed by atoms with E-state index in [-0.39, 0.29) is 11.5 Å². The highest BCUT2D eigenvalue weighted by Crippen LogP contribution is 2.66. The molecule has 0 N–H and O–H groups in total. The number of hydrogen-bond acceptors (Lipinski definition) is 2. The zero-order valence-corrected chi connectivity index (χ0v) is 8.63. The summed E-state index contributed by atoms with van der Waals surface area (Å²) in [5.74, 6) is 0.760. The topological polar surface area (TPSA) is 33.0 Å². The van der Waals surface area contributed by atoms with E-state index < -0.39 is 0 Å². The summed E-state index contributed by atoms with van der Waals surface area (Å²) in [4.78, 5) is 0. The van der Waals surface area contributed by atoms with E-state index >= 15 is 0 Å². The van der Waals surface area contributed by atoms with Gasteiger partial charge in [0, 0.05) is 5.41 Å². The lowest BCUT2D eigenvalue weighted by atomic mass is 9.70. The average molecular weight is 179 g/mol. The van der Waals surface area contributed by atoms with Crippen molar-refractivity contribution in [2.45, 2.75) is 46.1 Å². The Morgan fingerprint density at radius 1 is 1.38 bits per heavy atom. The van der Waals surface area contributed by atoms with Crippen LogP contribution in [0.3, 0.4) is 0 Å². The fourth-order valence-electron chi connectivity index (χ4n) is 3.37. The molecule has 2 saturated carbocycles. The third-order valence-electron chi connectivity index (χ3n) is 4.91. The molecule has 13 heavy (non-hydrogen) atoms. The molecule has 0 aliphatic heterocycles. The summed E-state index contributed by atoms with van der Waals surface area (Å²) in [5, 5.41) is 8.57. The molecule has 0 saturated heterocycles. The number of fused-ring (bicyclic) bond motifs is 2. The van der Waals surface area contributed by atoms with Crippen LogP contribution in [0.1, 0.15) is 40.0 Å². The van der Waals surface area contributed by atoms with E-state index in [1.54, 1.807) is 0 Å². The second-order valence-corrected chi connectivity index (χ2v) is 5.31. The molecule has 2 aliphatic carbocycles. The Morgan fingerprint density at radius 3 is 2.46 bits per heavy atom. The number of nitrogens with zero attached hydrogens (tertiary/aromatic N) is 1. The number of ether oxygens (including phenoxy) is 1. The fraction of sp³-hybridized carbons (Fsp3) is 0.909. The monoisotopic (exact) mass is 179 g/mol. The van der Waals surface area contributed by atoms with E-state index in [4.69, 9.17) is 10.00 Å². The molecular weight excluding hydrogens is 162 g/mol. The van der Waals surface area contributed by atoms with Crippen LogP contribution in [-0.4, -0.2) is 6.10 Å². The Balaban J connectivity index is 2.29. The molecule has 0 spiro atoms. The maximum Gasteiger partial charge on any atom is 0.286 e. The standard InChI is InChI=1S/C11H17NO/c1-10(2)8-4-5-11(10,3)9(6-8)13-7-12/h8-9H,4-6H2,1-3H3. The van der Waals surface area contributed by atoms with Crippen LogP contribution in [0.2, 0.25) is 0 Å². The van der Waals surface area contributed by atoms with Gasteiger partial charge in [0.25, 0.3) is 6.26 Å². The summed E-state index contributed by atoms with van der Waals surface area (Å²) < 4.78 is 5.18. The van der Waals surface area contributed by atoms with Gasteiger partial charge in [0.2, 0.25) is 0 Å². The normalized spacial score (nSPS) is 46.0. The third-order valence-corrected chi connectivity index (χ3v) is 4.91. The lowest BCUT2D eigenvalue weighted by molar-refractivity contribution is 0.00967. The molecule has 0 radical (unpaired) electrons. The third kappa shape index (κ3) is 0.879. The Labute approximate surface area is 79.9 Å². The molecular formula is C11H17NO. The van der Waals surface area contributed by atoms with Crippen LogP contribution in [0, 0.1) is 28.3 Å². The molecule has 0 heterocycles. The molecule has 2 aliphatic rings. The van der Waals surface area contributed by atoms with Gasteiger partial charge < -0.3 is 4.74 Å². The highest BCUT2D eigenvalue weighted by atomic mass is 16.5. The van der Waals surface area contributed by atoms with Crippen LogP contribution in [-0.2, 0) is 4.74 Å². The molecule has 3 atom stereocenters. The molecule has 2 nitrogen and oxygen atoms in total. The quantitative estimate of drug-likeness (QED) is 0.580. The van der Waals surface area contributed by atoms with Crippen molar-refractivity contribution in [3.63, 3.8) is 0 Å². The van der Waals surface area contributed by atoms with Gasteiger partial charge in [0.1, 0.15) is 6.10 Å². The van der Waals surface area contributed by atoms with Gasteiger partial charge in [-0.25, -0.2) is 0 Å². The lowest BCUT2D eigenvalue weighted by Crippen LogP contribution is -2.36. The van der Waals surface area contributed by atoms with Gasteiger partial charge in [0.15, 0.2) is 0 Å². The second kappa shape index (κ2) is 2.41. The van der Waals surface area contributed by atoms with Gasteiger partial charge in [0.05, 0.1) is 0 Å². The molecule has 3 unspecified atom stereocenters. The van der Waals surface area contributed by atoms with Crippen molar-refractivity contribution < 1.29 is 4.74 Å². The van der Waals surface area contributed by atoms with E-state index in [0.717, 1.165) is 12.3 Å². The summed E-state index contributed by atoms with van der Waals surface area (Å²) in [6.07, 6.45) is 5.64. The van der Waals surface area contributed by atoms with Gasteiger partial charge in [-0.15, -0.1) is 0 Å². The smallest absolute Gasteiger partial charge is 0.286 e. The van der Waals surface area contributed by atoms with Crippen LogP contribution in [0.25, 0.3) is 0 Å². The van der Waals surface area contributed by atoms with E-state index in [1.165, 1.54) is 12.8 Å². The first-order chi connectivity index (χ1) is 6.02. The zero-order valence-electron chi connectivity index (χ0n) is 8.63. The first-order valence-corrected chi connectivity index (χ1v) is 5.07. The first kappa shape index (κ1) is 8.87. The van der Waals surface area contributed by atoms with Crippen LogP contribution >= 0.6 is 0 Å². The predicted molar refractivity (Wildman–Crippen MR) is 49.7 cm³/mol. The lowest BCUT2D eigenvalue weighted by Gasteiger charge is -2.37. The van der Waals surface area contributed by atoms with Crippen molar-refractivity contribution in [1.82, 2.24) is 0 Å². The maximum absolute atomic E-state index is 8.57. The van der Waals surface area contributed by atoms with Gasteiger partial charge >= 0.3 is 0 Å². The SMILES string of the molecule is CC1(C)C2CCC1(C)C(OC#N)C2. The highest BCUT2D eigenvalue weighted by Gasteiger charge is 2.62. The van der Waals surface area contributed by atoms with E-state index in [1.807, 2.05) is 6.26 Å². The molecule has 0 aromatic rings. The summed E-state index contributed by atoms with van der Waals surface area (Å²) in [6, 6.07) is 0. The Bertz CT molecular complexity index is 266. The number of hydrogen-bond donors (Lipinski definition) is 0. The van der Waals surface area contributed by atoms with E-state index in [9.17, 15) is 0 Å². The predicted octanol–water partition coefficient (Wildman–Crippen LogP) is 2.70. The first-order valence-electron chi connectivity index (χ1n) is 5.07. The van der Waals surface area contributed by atoms with E-state index in [0.29, 0.717) is 5.41 Å². The molecule has 72 valence electrons. The highest BCUT2D eigenvalue weighted by molar-refractivity contribution is 5.11. The molecule has 2 heteroatoms. The second-order valence-electron chi connectivity index (χ2n) is 5.31. The summed E-state index contributed by atoms with van der Waals surface area (Å²) >= 11 is 0. The minimum Gasteiger partial charge on any atom is -0.424 e. The number of nitriles is 1. The van der Waals surface area contributed by atoms with Crippen LogP contribution in [0.5, 0.6) is 0 Å². The van der Waals surface area contributed by atoms with Crippen LogP contribution < -0.4 is 0 Å². The minimum absolute atomic E-state index is 0.172. The van der Waals surface area contributed by atoms with E-state index in [2.05, 4.69) is 20.8 Å². The summed E-state index contributed by atoms with van der Waals surface area (Å²) in [6.45, 7) is 6.93. The van der Waals surface area contributed by atoms with Crippen molar-refractivity contribution in [3.05, 3.63) is 0 Å². The van der Waals surface area contributed by atoms with Crippen LogP contribution in [0.4, 0.5) is 0 Å².